The van der Waals surface area contributed by atoms with E-state index in [-0.39, 0.29) is 0 Å². The zero-order valence-corrected chi connectivity index (χ0v) is 11.3. The number of hydrogen-bond acceptors (Lipinski definition) is 1. The number of rotatable bonds is 2. The topological polar surface area (TPSA) is 24.1 Å². The SMILES string of the molecule is C[n+]1cccc(/C=C/c2ccc3cc(O)ccc3c2)c1. The Hall–Kier alpha value is -2.61. The minimum absolute atomic E-state index is 0.303. The van der Waals surface area contributed by atoms with Gasteiger partial charge in [-0.25, -0.2) is 4.57 Å². The predicted octanol–water partition coefficient (Wildman–Crippen LogP) is 3.54. The van der Waals surface area contributed by atoms with Crippen molar-refractivity contribution >= 4 is 22.9 Å². The molecule has 0 bridgehead atoms. The molecule has 0 radical (unpaired) electrons. The molecule has 20 heavy (non-hydrogen) atoms. The fourth-order valence-electron chi connectivity index (χ4n) is 2.26. The van der Waals surface area contributed by atoms with E-state index in [0.717, 1.165) is 16.3 Å². The molecule has 0 aliphatic carbocycles. The Labute approximate surface area is 118 Å². The quantitative estimate of drug-likeness (QED) is 0.702. The number of hydrogen-bond donors (Lipinski definition) is 1. The number of aromatic hydroxyl groups is 1. The number of pyridine rings is 1. The van der Waals surface area contributed by atoms with Gasteiger partial charge in [-0.15, -0.1) is 0 Å². The second-order valence-electron chi connectivity index (χ2n) is 4.93. The van der Waals surface area contributed by atoms with E-state index in [9.17, 15) is 5.11 Å². The van der Waals surface area contributed by atoms with Crippen LogP contribution in [0.2, 0.25) is 0 Å². The standard InChI is InChI=1S/C18H15NO/c1-19-10-2-3-15(13-19)5-4-14-6-7-17-12-18(20)9-8-16(17)11-14/h2-13H,1H3/p+1/b5-4+. The number of aryl methyl sites for hydroxylation is 1. The maximum atomic E-state index is 9.46. The third-order valence-electron chi connectivity index (χ3n) is 3.28. The summed E-state index contributed by atoms with van der Waals surface area (Å²) in [4.78, 5) is 0. The molecule has 0 amide bonds. The van der Waals surface area contributed by atoms with Gasteiger partial charge in [0.25, 0.3) is 0 Å². The summed E-state index contributed by atoms with van der Waals surface area (Å²) < 4.78 is 2.03. The first kappa shape index (κ1) is 12.4. The maximum Gasteiger partial charge on any atom is 0.175 e. The van der Waals surface area contributed by atoms with Crippen LogP contribution in [0.4, 0.5) is 0 Å². The lowest BCUT2D eigenvalue weighted by Gasteiger charge is -2.00. The van der Waals surface area contributed by atoms with E-state index < -0.39 is 0 Å². The Morgan fingerprint density at radius 3 is 2.50 bits per heavy atom. The molecule has 1 N–H and O–H groups in total. The molecule has 1 aromatic heterocycles. The van der Waals surface area contributed by atoms with Crippen LogP contribution in [-0.2, 0) is 7.05 Å². The van der Waals surface area contributed by atoms with Gasteiger partial charge in [-0.2, -0.15) is 0 Å². The van der Waals surface area contributed by atoms with Crippen molar-refractivity contribution < 1.29 is 9.67 Å². The molecule has 0 aliphatic heterocycles. The van der Waals surface area contributed by atoms with Crippen LogP contribution in [0.1, 0.15) is 11.1 Å². The summed E-state index contributed by atoms with van der Waals surface area (Å²) in [7, 11) is 2.01. The van der Waals surface area contributed by atoms with E-state index in [1.54, 1.807) is 12.1 Å². The second kappa shape index (κ2) is 5.17. The van der Waals surface area contributed by atoms with Crippen LogP contribution in [-0.4, -0.2) is 5.11 Å². The molecule has 3 rings (SSSR count). The average Bonchev–Trinajstić information content (AvgIpc) is 2.45. The highest BCUT2D eigenvalue weighted by Crippen LogP contribution is 2.21. The first-order valence-electron chi connectivity index (χ1n) is 6.57. The Balaban J connectivity index is 1.93. The number of phenolic OH excluding ortho intramolecular Hbond substituents is 1. The van der Waals surface area contributed by atoms with E-state index in [2.05, 4.69) is 36.5 Å². The van der Waals surface area contributed by atoms with Crippen molar-refractivity contribution in [2.45, 2.75) is 0 Å². The zero-order chi connectivity index (χ0) is 13.9. The van der Waals surface area contributed by atoms with E-state index >= 15 is 0 Å². The first-order chi connectivity index (χ1) is 9.70. The van der Waals surface area contributed by atoms with Crippen LogP contribution in [0.3, 0.4) is 0 Å². The van der Waals surface area contributed by atoms with Crippen molar-refractivity contribution in [3.63, 3.8) is 0 Å². The summed E-state index contributed by atoms with van der Waals surface area (Å²) in [5.74, 6) is 0.303. The van der Waals surface area contributed by atoms with Crippen molar-refractivity contribution in [3.8, 4) is 5.75 Å². The Morgan fingerprint density at radius 1 is 0.900 bits per heavy atom. The van der Waals surface area contributed by atoms with E-state index in [4.69, 9.17) is 0 Å². The Morgan fingerprint density at radius 2 is 1.65 bits per heavy atom. The van der Waals surface area contributed by atoms with Gasteiger partial charge in [0.05, 0.1) is 0 Å². The van der Waals surface area contributed by atoms with Crippen molar-refractivity contribution in [2.75, 3.05) is 0 Å². The number of aromatic nitrogens is 1. The molecule has 0 aliphatic rings. The molecule has 0 saturated carbocycles. The van der Waals surface area contributed by atoms with E-state index in [1.165, 1.54) is 5.56 Å². The number of benzene rings is 2. The van der Waals surface area contributed by atoms with Crippen LogP contribution in [0.25, 0.3) is 22.9 Å². The molecule has 1 heterocycles. The molecule has 0 unspecified atom stereocenters. The molecular formula is C18H16NO+. The predicted molar refractivity (Wildman–Crippen MR) is 82.2 cm³/mol. The molecule has 2 nitrogen and oxygen atoms in total. The van der Waals surface area contributed by atoms with E-state index in [0.29, 0.717) is 5.75 Å². The summed E-state index contributed by atoms with van der Waals surface area (Å²) >= 11 is 0. The summed E-state index contributed by atoms with van der Waals surface area (Å²) in [6, 6.07) is 15.7. The third-order valence-corrected chi connectivity index (χ3v) is 3.28. The van der Waals surface area contributed by atoms with Crippen molar-refractivity contribution in [1.82, 2.24) is 0 Å². The number of fused-ring (bicyclic) bond motifs is 1. The molecule has 0 fully saturated rings. The van der Waals surface area contributed by atoms with Gasteiger partial charge in [-0.3, -0.25) is 0 Å². The smallest absolute Gasteiger partial charge is 0.175 e. The van der Waals surface area contributed by atoms with Gasteiger partial charge in [-0.05, 0) is 46.7 Å². The average molecular weight is 262 g/mol. The fourth-order valence-corrected chi connectivity index (χ4v) is 2.26. The molecule has 2 aromatic carbocycles. The summed E-state index contributed by atoms with van der Waals surface area (Å²) in [5.41, 5.74) is 2.32. The Bertz CT molecular complexity index is 790. The minimum atomic E-state index is 0.303. The van der Waals surface area contributed by atoms with Gasteiger partial charge in [-0.1, -0.05) is 24.3 Å². The number of phenols is 1. The molecule has 98 valence electrons. The van der Waals surface area contributed by atoms with Crippen LogP contribution in [0.15, 0.2) is 60.9 Å². The van der Waals surface area contributed by atoms with Crippen LogP contribution in [0.5, 0.6) is 5.75 Å². The summed E-state index contributed by atoms with van der Waals surface area (Å²) in [5, 5.41) is 11.6. The molecule has 2 heteroatoms. The van der Waals surface area contributed by atoms with Gasteiger partial charge in [0.2, 0.25) is 0 Å². The highest BCUT2D eigenvalue weighted by atomic mass is 16.3. The minimum Gasteiger partial charge on any atom is -0.508 e. The second-order valence-corrected chi connectivity index (χ2v) is 4.93. The van der Waals surface area contributed by atoms with Crippen molar-refractivity contribution in [2.24, 2.45) is 7.05 Å². The van der Waals surface area contributed by atoms with Crippen LogP contribution < -0.4 is 4.57 Å². The fraction of sp³-hybridized carbons (Fsp3) is 0.0556. The molecular weight excluding hydrogens is 246 g/mol. The van der Waals surface area contributed by atoms with E-state index in [1.807, 2.05) is 36.0 Å². The van der Waals surface area contributed by atoms with Crippen LogP contribution >= 0.6 is 0 Å². The summed E-state index contributed by atoms with van der Waals surface area (Å²) in [6.45, 7) is 0. The lowest BCUT2D eigenvalue weighted by atomic mass is 10.1. The monoisotopic (exact) mass is 262 g/mol. The normalized spacial score (nSPS) is 11.2. The Kier molecular flexibility index (Phi) is 3.21. The largest absolute Gasteiger partial charge is 0.508 e. The van der Waals surface area contributed by atoms with Gasteiger partial charge in [0.1, 0.15) is 12.8 Å². The number of nitrogens with zero attached hydrogens (tertiary/aromatic N) is 1. The van der Waals surface area contributed by atoms with Gasteiger partial charge >= 0.3 is 0 Å². The highest BCUT2D eigenvalue weighted by Gasteiger charge is 1.97. The molecule has 0 spiro atoms. The first-order valence-corrected chi connectivity index (χ1v) is 6.57. The summed E-state index contributed by atoms with van der Waals surface area (Å²) in [6.07, 6.45) is 8.29. The maximum absolute atomic E-state index is 9.46. The highest BCUT2D eigenvalue weighted by molar-refractivity contribution is 5.87. The molecule has 0 atom stereocenters. The van der Waals surface area contributed by atoms with Crippen molar-refractivity contribution in [3.05, 3.63) is 72.1 Å². The molecule has 0 saturated heterocycles. The van der Waals surface area contributed by atoms with Gasteiger partial charge in [0, 0.05) is 11.6 Å². The van der Waals surface area contributed by atoms with Gasteiger partial charge in [0.15, 0.2) is 12.4 Å². The molecule has 3 aromatic rings. The lowest BCUT2D eigenvalue weighted by molar-refractivity contribution is -0.671. The van der Waals surface area contributed by atoms with Crippen LogP contribution in [0, 0.1) is 0 Å². The van der Waals surface area contributed by atoms with Crippen molar-refractivity contribution in [1.29, 1.82) is 0 Å². The zero-order valence-electron chi connectivity index (χ0n) is 11.3. The third kappa shape index (κ3) is 2.69. The lowest BCUT2D eigenvalue weighted by Crippen LogP contribution is -2.26. The van der Waals surface area contributed by atoms with Gasteiger partial charge < -0.3 is 5.11 Å².